The summed E-state index contributed by atoms with van der Waals surface area (Å²) in [6, 6.07) is 8.09. The Labute approximate surface area is 109 Å². The van der Waals surface area contributed by atoms with E-state index in [1.807, 2.05) is 18.2 Å². The molecule has 0 bridgehead atoms. The Morgan fingerprint density at radius 3 is 3.11 bits per heavy atom. The van der Waals surface area contributed by atoms with Gasteiger partial charge in [-0.05, 0) is 12.1 Å². The first-order valence-corrected chi connectivity index (χ1v) is 6.62. The van der Waals surface area contributed by atoms with Crippen LogP contribution in [-0.4, -0.2) is 36.6 Å². The number of thiazole rings is 1. The lowest BCUT2D eigenvalue weighted by Gasteiger charge is -2.31. The number of aromatic nitrogens is 1. The van der Waals surface area contributed by atoms with Crippen LogP contribution in [0.4, 0.5) is 5.13 Å². The fourth-order valence-corrected chi connectivity index (χ4v) is 3.01. The van der Waals surface area contributed by atoms with Gasteiger partial charge in [-0.25, -0.2) is 4.98 Å². The van der Waals surface area contributed by atoms with Gasteiger partial charge in [0.05, 0.1) is 23.4 Å². The third kappa shape index (κ3) is 2.04. The van der Waals surface area contributed by atoms with E-state index < -0.39 is 0 Å². The van der Waals surface area contributed by atoms with Gasteiger partial charge in [-0.3, -0.25) is 5.41 Å². The molecule has 2 aromatic rings. The second kappa shape index (κ2) is 4.55. The molecule has 3 N–H and O–H groups in total. The molecule has 0 amide bonds. The van der Waals surface area contributed by atoms with E-state index in [1.54, 1.807) is 11.3 Å². The van der Waals surface area contributed by atoms with Crippen molar-refractivity contribution in [1.29, 1.82) is 5.41 Å². The third-order valence-corrected chi connectivity index (χ3v) is 4.06. The molecular formula is C12H14N4OS. The van der Waals surface area contributed by atoms with Crippen LogP contribution >= 0.6 is 11.3 Å². The van der Waals surface area contributed by atoms with Crippen LogP contribution in [-0.2, 0) is 4.74 Å². The lowest BCUT2D eigenvalue weighted by Crippen LogP contribution is -2.48. The Bertz CT molecular complexity index is 549. The minimum atomic E-state index is -0.314. The lowest BCUT2D eigenvalue weighted by molar-refractivity contribution is 0.0826. The summed E-state index contributed by atoms with van der Waals surface area (Å²) in [5.74, 6) is 0.0841. The molecule has 1 aromatic heterocycles. The molecule has 0 aliphatic carbocycles. The van der Waals surface area contributed by atoms with E-state index >= 15 is 0 Å². The highest BCUT2D eigenvalue weighted by molar-refractivity contribution is 7.22. The van der Waals surface area contributed by atoms with Gasteiger partial charge in [-0.2, -0.15) is 0 Å². The Balaban J connectivity index is 1.87. The van der Waals surface area contributed by atoms with Crippen LogP contribution in [0.5, 0.6) is 0 Å². The number of ether oxygens (including phenoxy) is 1. The van der Waals surface area contributed by atoms with Gasteiger partial charge in [0, 0.05) is 6.54 Å². The van der Waals surface area contributed by atoms with Crippen LogP contribution in [0.2, 0.25) is 0 Å². The van der Waals surface area contributed by atoms with Gasteiger partial charge < -0.3 is 15.4 Å². The molecule has 1 aromatic carbocycles. The normalized spacial score (nSPS) is 20.2. The van der Waals surface area contributed by atoms with Crippen molar-refractivity contribution in [2.24, 2.45) is 5.73 Å². The predicted molar refractivity (Wildman–Crippen MR) is 73.5 cm³/mol. The highest BCUT2D eigenvalue weighted by Crippen LogP contribution is 2.29. The average Bonchev–Trinajstić information content (AvgIpc) is 2.82. The fourth-order valence-electron chi connectivity index (χ4n) is 2.01. The largest absolute Gasteiger partial charge is 0.385 e. The van der Waals surface area contributed by atoms with Crippen molar-refractivity contribution in [1.82, 2.24) is 4.98 Å². The van der Waals surface area contributed by atoms with Crippen LogP contribution in [0.3, 0.4) is 0 Å². The Kier molecular flexibility index (Phi) is 2.89. The van der Waals surface area contributed by atoms with Gasteiger partial charge in [0.2, 0.25) is 0 Å². The molecule has 94 valence electrons. The standard InChI is InChI=1S/C12H14N4OS/c13-11(14)9-7-16(5-6-17-9)12-15-8-3-1-2-4-10(8)18-12/h1-4,9H,5-7H2,(H3,13,14). The molecule has 2 heterocycles. The first-order valence-electron chi connectivity index (χ1n) is 5.80. The van der Waals surface area contributed by atoms with Gasteiger partial charge in [-0.15, -0.1) is 0 Å². The van der Waals surface area contributed by atoms with Crippen molar-refractivity contribution in [3.63, 3.8) is 0 Å². The van der Waals surface area contributed by atoms with Crippen molar-refractivity contribution in [2.75, 3.05) is 24.6 Å². The zero-order chi connectivity index (χ0) is 12.5. The highest BCUT2D eigenvalue weighted by atomic mass is 32.1. The SMILES string of the molecule is N=C(N)C1CN(c2nc3ccccc3s2)CCO1. The van der Waals surface area contributed by atoms with Crippen molar-refractivity contribution >= 4 is 32.5 Å². The highest BCUT2D eigenvalue weighted by Gasteiger charge is 2.24. The van der Waals surface area contributed by atoms with Crippen molar-refractivity contribution in [3.8, 4) is 0 Å². The number of amidine groups is 1. The third-order valence-electron chi connectivity index (χ3n) is 2.97. The van der Waals surface area contributed by atoms with E-state index in [-0.39, 0.29) is 11.9 Å². The number of nitrogens with two attached hydrogens (primary N) is 1. The molecule has 1 fully saturated rings. The molecule has 0 saturated carbocycles. The summed E-state index contributed by atoms with van der Waals surface area (Å²) in [6.07, 6.45) is -0.314. The first-order chi connectivity index (χ1) is 8.74. The van der Waals surface area contributed by atoms with Crippen molar-refractivity contribution in [3.05, 3.63) is 24.3 Å². The minimum absolute atomic E-state index is 0.0841. The number of rotatable bonds is 2. The lowest BCUT2D eigenvalue weighted by atomic mass is 10.2. The summed E-state index contributed by atoms with van der Waals surface area (Å²) in [5.41, 5.74) is 6.51. The molecule has 18 heavy (non-hydrogen) atoms. The van der Waals surface area contributed by atoms with E-state index in [0.29, 0.717) is 13.2 Å². The maximum Gasteiger partial charge on any atom is 0.186 e. The summed E-state index contributed by atoms with van der Waals surface area (Å²) in [4.78, 5) is 6.75. The number of nitrogens with zero attached hydrogens (tertiary/aromatic N) is 2. The number of nitrogens with one attached hydrogen (secondary N) is 1. The number of hydrogen-bond donors (Lipinski definition) is 2. The van der Waals surface area contributed by atoms with E-state index in [0.717, 1.165) is 17.2 Å². The molecular weight excluding hydrogens is 248 g/mol. The van der Waals surface area contributed by atoms with Crippen LogP contribution < -0.4 is 10.6 Å². The second-order valence-corrected chi connectivity index (χ2v) is 5.23. The monoisotopic (exact) mass is 262 g/mol. The molecule has 1 atom stereocenters. The molecule has 1 unspecified atom stereocenters. The second-order valence-electron chi connectivity index (χ2n) is 4.22. The van der Waals surface area contributed by atoms with Gasteiger partial charge in [-0.1, -0.05) is 23.5 Å². The minimum Gasteiger partial charge on any atom is -0.385 e. The number of benzene rings is 1. The number of para-hydroxylation sites is 1. The smallest absolute Gasteiger partial charge is 0.186 e. The van der Waals surface area contributed by atoms with E-state index in [1.165, 1.54) is 4.70 Å². The average molecular weight is 262 g/mol. The Hall–Kier alpha value is -1.66. The molecule has 0 spiro atoms. The summed E-state index contributed by atoms with van der Waals surface area (Å²) >= 11 is 1.67. The number of hydrogen-bond acceptors (Lipinski definition) is 5. The predicted octanol–water partition coefficient (Wildman–Crippen LogP) is 1.44. The Morgan fingerprint density at radius 2 is 2.33 bits per heavy atom. The van der Waals surface area contributed by atoms with Gasteiger partial charge in [0.1, 0.15) is 11.9 Å². The zero-order valence-corrected chi connectivity index (χ0v) is 10.6. The molecule has 1 saturated heterocycles. The Morgan fingerprint density at radius 1 is 1.50 bits per heavy atom. The molecule has 1 aliphatic rings. The van der Waals surface area contributed by atoms with Gasteiger partial charge in [0.15, 0.2) is 5.13 Å². The van der Waals surface area contributed by atoms with Crippen molar-refractivity contribution in [2.45, 2.75) is 6.10 Å². The topological polar surface area (TPSA) is 75.2 Å². The maximum atomic E-state index is 7.46. The van der Waals surface area contributed by atoms with Crippen LogP contribution in [0.1, 0.15) is 0 Å². The molecule has 3 rings (SSSR count). The number of fused-ring (bicyclic) bond motifs is 1. The van der Waals surface area contributed by atoms with E-state index in [2.05, 4.69) is 16.0 Å². The van der Waals surface area contributed by atoms with Gasteiger partial charge in [0.25, 0.3) is 0 Å². The summed E-state index contributed by atoms with van der Waals surface area (Å²) in [5, 5.41) is 8.44. The summed E-state index contributed by atoms with van der Waals surface area (Å²) < 4.78 is 6.63. The van der Waals surface area contributed by atoms with E-state index in [4.69, 9.17) is 15.9 Å². The molecule has 6 heteroatoms. The van der Waals surface area contributed by atoms with Crippen molar-refractivity contribution < 1.29 is 4.74 Å². The van der Waals surface area contributed by atoms with Crippen LogP contribution in [0, 0.1) is 5.41 Å². The first kappa shape index (κ1) is 11.4. The maximum absolute atomic E-state index is 7.46. The van der Waals surface area contributed by atoms with Crippen LogP contribution in [0.25, 0.3) is 10.2 Å². The zero-order valence-electron chi connectivity index (χ0n) is 9.80. The quantitative estimate of drug-likeness (QED) is 0.634. The van der Waals surface area contributed by atoms with Gasteiger partial charge >= 0.3 is 0 Å². The molecule has 5 nitrogen and oxygen atoms in total. The summed E-state index contributed by atoms with van der Waals surface area (Å²) in [6.45, 7) is 1.99. The van der Waals surface area contributed by atoms with E-state index in [9.17, 15) is 0 Å². The fraction of sp³-hybridized carbons (Fsp3) is 0.333. The number of morpholine rings is 1. The molecule has 0 radical (unpaired) electrons. The van der Waals surface area contributed by atoms with Crippen LogP contribution in [0.15, 0.2) is 24.3 Å². The number of anilines is 1. The molecule has 1 aliphatic heterocycles. The summed E-state index contributed by atoms with van der Waals surface area (Å²) in [7, 11) is 0.